The molecule has 1 N–H and O–H groups in total. The summed E-state index contributed by atoms with van der Waals surface area (Å²) in [5.74, 6) is 1.77. The number of benzene rings is 2. The van der Waals surface area contributed by atoms with E-state index >= 15 is 0 Å². The number of nitrogens with one attached hydrogen (secondary N) is 1. The van der Waals surface area contributed by atoms with Crippen LogP contribution in [0.2, 0.25) is 0 Å². The molecule has 1 aliphatic heterocycles. The first-order valence-corrected chi connectivity index (χ1v) is 9.32. The van der Waals surface area contributed by atoms with E-state index in [4.69, 9.17) is 9.47 Å². The van der Waals surface area contributed by atoms with Crippen molar-refractivity contribution in [2.75, 3.05) is 24.3 Å². The number of nitrogens with zero attached hydrogens (tertiary/aromatic N) is 1. The van der Waals surface area contributed by atoms with Gasteiger partial charge < -0.3 is 19.4 Å². The average molecular weight is 366 g/mol. The molecule has 0 atom stereocenters. The van der Waals surface area contributed by atoms with Crippen LogP contribution in [0.15, 0.2) is 71.9 Å². The van der Waals surface area contributed by atoms with Crippen LogP contribution < -0.4 is 14.8 Å². The summed E-state index contributed by atoms with van der Waals surface area (Å²) in [6.45, 7) is 1.13. The predicted octanol–water partition coefficient (Wildman–Crippen LogP) is 3.98. The number of carbonyl (C=O) groups is 1. The number of hydrogen-bond donors (Lipinski definition) is 1. The van der Waals surface area contributed by atoms with Crippen LogP contribution in [0.1, 0.15) is 0 Å². The fraction of sp³-hybridized carbons (Fsp3) is 0.150. The predicted molar refractivity (Wildman–Crippen MR) is 103 cm³/mol. The van der Waals surface area contributed by atoms with Crippen molar-refractivity contribution >= 4 is 23.4 Å². The quantitative estimate of drug-likeness (QED) is 0.694. The molecule has 5 nitrogen and oxygen atoms in total. The van der Waals surface area contributed by atoms with E-state index in [0.717, 1.165) is 27.8 Å². The number of amides is 1. The first-order chi connectivity index (χ1) is 12.8. The number of anilines is 1. The molecule has 1 aromatic heterocycles. The molecule has 0 saturated carbocycles. The highest BCUT2D eigenvalue weighted by Crippen LogP contribution is 2.34. The summed E-state index contributed by atoms with van der Waals surface area (Å²) in [4.78, 5) is 13.3. The van der Waals surface area contributed by atoms with E-state index in [9.17, 15) is 4.79 Å². The number of rotatable bonds is 5. The highest BCUT2D eigenvalue weighted by atomic mass is 32.2. The normalized spacial score (nSPS) is 12.6. The zero-order valence-electron chi connectivity index (χ0n) is 14.1. The van der Waals surface area contributed by atoms with Gasteiger partial charge in [0.2, 0.25) is 5.91 Å². The summed E-state index contributed by atoms with van der Waals surface area (Å²) >= 11 is 1.47. The van der Waals surface area contributed by atoms with Gasteiger partial charge in [0.15, 0.2) is 11.5 Å². The average Bonchev–Trinajstić information content (AvgIpc) is 3.21. The van der Waals surface area contributed by atoms with E-state index in [1.165, 1.54) is 11.8 Å². The highest BCUT2D eigenvalue weighted by Gasteiger charge is 2.12. The van der Waals surface area contributed by atoms with E-state index in [1.807, 2.05) is 71.6 Å². The molecule has 0 bridgehead atoms. The molecule has 26 heavy (non-hydrogen) atoms. The molecule has 2 aromatic carbocycles. The van der Waals surface area contributed by atoms with Gasteiger partial charge in [0.05, 0.1) is 5.75 Å². The first kappa shape index (κ1) is 16.6. The van der Waals surface area contributed by atoms with Crippen LogP contribution in [0.5, 0.6) is 11.5 Å². The van der Waals surface area contributed by atoms with Crippen LogP contribution in [0, 0.1) is 0 Å². The fourth-order valence-corrected chi connectivity index (χ4v) is 3.43. The lowest BCUT2D eigenvalue weighted by molar-refractivity contribution is -0.113. The van der Waals surface area contributed by atoms with Crippen molar-refractivity contribution in [3.63, 3.8) is 0 Å². The summed E-state index contributed by atoms with van der Waals surface area (Å²) in [6.07, 6.45) is 3.94. The van der Waals surface area contributed by atoms with Gasteiger partial charge in [0.25, 0.3) is 0 Å². The molecule has 0 saturated heterocycles. The van der Waals surface area contributed by atoms with Crippen molar-refractivity contribution in [3.05, 3.63) is 67.0 Å². The van der Waals surface area contributed by atoms with Gasteiger partial charge >= 0.3 is 0 Å². The third-order valence-corrected chi connectivity index (χ3v) is 4.91. The van der Waals surface area contributed by atoms with Crippen molar-refractivity contribution < 1.29 is 14.3 Å². The molecule has 1 aliphatic rings. The van der Waals surface area contributed by atoms with Crippen LogP contribution in [0.4, 0.5) is 5.69 Å². The maximum Gasteiger partial charge on any atom is 0.234 e. The molecular formula is C20H18N2O3S. The molecule has 0 radical (unpaired) electrons. The van der Waals surface area contributed by atoms with Crippen LogP contribution in [-0.4, -0.2) is 29.4 Å². The number of ether oxygens (including phenoxy) is 2. The second-order valence-corrected chi connectivity index (χ2v) is 6.83. The van der Waals surface area contributed by atoms with Gasteiger partial charge in [-0.05, 0) is 48.5 Å². The minimum atomic E-state index is -0.0467. The highest BCUT2D eigenvalue weighted by molar-refractivity contribution is 8.00. The van der Waals surface area contributed by atoms with Crippen molar-refractivity contribution in [1.82, 2.24) is 4.57 Å². The molecule has 2 heterocycles. The monoisotopic (exact) mass is 366 g/mol. The summed E-state index contributed by atoms with van der Waals surface area (Å²) in [7, 11) is 0. The summed E-state index contributed by atoms with van der Waals surface area (Å²) in [6, 6.07) is 17.4. The van der Waals surface area contributed by atoms with E-state index < -0.39 is 0 Å². The van der Waals surface area contributed by atoms with Crippen LogP contribution in [0.25, 0.3) is 5.69 Å². The Kier molecular flexibility index (Phi) is 4.84. The minimum Gasteiger partial charge on any atom is -0.486 e. The Labute approximate surface area is 155 Å². The van der Waals surface area contributed by atoms with Crippen LogP contribution in [-0.2, 0) is 4.79 Å². The second kappa shape index (κ2) is 7.58. The standard InChI is InChI=1S/C20H18N2O3S/c23-20(14-26-17-6-7-18-19(13-17)25-11-10-24-18)21-15-4-3-5-16(12-15)22-8-1-2-9-22/h1-9,12-13H,10-11,14H2,(H,21,23). The van der Waals surface area contributed by atoms with E-state index in [-0.39, 0.29) is 5.91 Å². The smallest absolute Gasteiger partial charge is 0.234 e. The largest absolute Gasteiger partial charge is 0.486 e. The van der Waals surface area contributed by atoms with Crippen molar-refractivity contribution in [1.29, 1.82) is 0 Å². The van der Waals surface area contributed by atoms with Gasteiger partial charge in [-0.15, -0.1) is 11.8 Å². The van der Waals surface area contributed by atoms with E-state index in [0.29, 0.717) is 19.0 Å². The Morgan fingerprint density at radius 1 is 1.00 bits per heavy atom. The van der Waals surface area contributed by atoms with Gasteiger partial charge in [-0.3, -0.25) is 4.79 Å². The van der Waals surface area contributed by atoms with Crippen molar-refractivity contribution in [3.8, 4) is 17.2 Å². The number of thioether (sulfide) groups is 1. The Morgan fingerprint density at radius 2 is 1.81 bits per heavy atom. The van der Waals surface area contributed by atoms with E-state index in [1.54, 1.807) is 0 Å². The molecule has 0 fully saturated rings. The van der Waals surface area contributed by atoms with E-state index in [2.05, 4.69) is 5.32 Å². The van der Waals surface area contributed by atoms with Gasteiger partial charge in [-0.25, -0.2) is 0 Å². The third kappa shape index (κ3) is 3.86. The van der Waals surface area contributed by atoms with Crippen LogP contribution >= 0.6 is 11.8 Å². The zero-order valence-corrected chi connectivity index (χ0v) is 14.9. The molecular weight excluding hydrogens is 348 g/mol. The number of hydrogen-bond acceptors (Lipinski definition) is 4. The molecule has 0 aliphatic carbocycles. The number of aromatic nitrogens is 1. The molecule has 3 aromatic rings. The summed E-state index contributed by atoms with van der Waals surface area (Å²) < 4.78 is 13.1. The molecule has 132 valence electrons. The Balaban J connectivity index is 1.36. The maximum absolute atomic E-state index is 12.3. The van der Waals surface area contributed by atoms with Crippen molar-refractivity contribution in [2.45, 2.75) is 4.90 Å². The zero-order chi connectivity index (χ0) is 17.8. The topological polar surface area (TPSA) is 52.5 Å². The first-order valence-electron chi connectivity index (χ1n) is 8.34. The molecule has 0 spiro atoms. The number of carbonyl (C=O) groups excluding carboxylic acids is 1. The summed E-state index contributed by atoms with van der Waals surface area (Å²) in [5, 5.41) is 2.95. The maximum atomic E-state index is 12.3. The second-order valence-electron chi connectivity index (χ2n) is 5.78. The third-order valence-electron chi connectivity index (χ3n) is 3.92. The lowest BCUT2D eigenvalue weighted by atomic mass is 10.2. The molecule has 6 heteroatoms. The van der Waals surface area contributed by atoms with Crippen LogP contribution in [0.3, 0.4) is 0 Å². The molecule has 1 amide bonds. The summed E-state index contributed by atoms with van der Waals surface area (Å²) in [5.41, 5.74) is 1.79. The van der Waals surface area contributed by atoms with Gasteiger partial charge in [0, 0.05) is 28.7 Å². The van der Waals surface area contributed by atoms with Gasteiger partial charge in [-0.2, -0.15) is 0 Å². The van der Waals surface area contributed by atoms with Gasteiger partial charge in [-0.1, -0.05) is 6.07 Å². The Morgan fingerprint density at radius 3 is 2.65 bits per heavy atom. The van der Waals surface area contributed by atoms with Gasteiger partial charge in [0.1, 0.15) is 13.2 Å². The Hall–Kier alpha value is -2.86. The minimum absolute atomic E-state index is 0.0467. The Bertz CT molecular complexity index is 909. The number of fused-ring (bicyclic) bond motifs is 1. The lowest BCUT2D eigenvalue weighted by Gasteiger charge is -2.18. The van der Waals surface area contributed by atoms with Crippen molar-refractivity contribution in [2.24, 2.45) is 0 Å². The molecule has 0 unspecified atom stereocenters. The lowest BCUT2D eigenvalue weighted by Crippen LogP contribution is -2.15. The SMILES string of the molecule is O=C(CSc1ccc2c(c1)OCCO2)Nc1cccc(-n2cccc2)c1. The fourth-order valence-electron chi connectivity index (χ4n) is 2.71. The molecule has 4 rings (SSSR count).